The number of nitrogens with zero attached hydrogens (tertiary/aromatic N) is 1. The molecule has 0 aromatic rings. The molecule has 0 bridgehead atoms. The summed E-state index contributed by atoms with van der Waals surface area (Å²) in [7, 11) is 0. The molecule has 1 heteroatoms. The number of hydrogen-bond donors (Lipinski definition) is 0. The van der Waals surface area contributed by atoms with Crippen molar-refractivity contribution in [1.29, 1.82) is 0 Å². The molecule has 0 spiro atoms. The zero-order chi connectivity index (χ0) is 9.68. The van der Waals surface area contributed by atoms with Crippen LogP contribution in [0.25, 0.3) is 0 Å². The summed E-state index contributed by atoms with van der Waals surface area (Å²) in [5.74, 6) is 0. The molecule has 76 valence electrons. The van der Waals surface area contributed by atoms with Crippen molar-refractivity contribution in [3.05, 3.63) is 11.6 Å². The smallest absolute Gasteiger partial charge is 0.0168 e. The van der Waals surface area contributed by atoms with Crippen LogP contribution in [0.4, 0.5) is 0 Å². The van der Waals surface area contributed by atoms with Crippen LogP contribution in [-0.4, -0.2) is 24.0 Å². The van der Waals surface area contributed by atoms with E-state index in [0.29, 0.717) is 6.04 Å². The van der Waals surface area contributed by atoms with Gasteiger partial charge in [0.05, 0.1) is 0 Å². The van der Waals surface area contributed by atoms with Gasteiger partial charge in [0.15, 0.2) is 0 Å². The van der Waals surface area contributed by atoms with E-state index >= 15 is 0 Å². The largest absolute Gasteiger partial charge is 0.297 e. The molecule has 0 radical (unpaired) electrons. The zero-order valence-corrected chi connectivity index (χ0v) is 9.34. The van der Waals surface area contributed by atoms with Gasteiger partial charge in [0.1, 0.15) is 0 Å². The first-order valence-electron chi connectivity index (χ1n) is 5.66. The lowest BCUT2D eigenvalue weighted by Crippen LogP contribution is -2.31. The molecule has 0 atom stereocenters. The van der Waals surface area contributed by atoms with Gasteiger partial charge in [-0.25, -0.2) is 0 Å². The van der Waals surface area contributed by atoms with Crippen LogP contribution in [0, 0.1) is 0 Å². The molecule has 0 saturated carbocycles. The molecule has 0 aliphatic carbocycles. The van der Waals surface area contributed by atoms with Gasteiger partial charge in [0.2, 0.25) is 0 Å². The molecule has 13 heavy (non-hydrogen) atoms. The van der Waals surface area contributed by atoms with Crippen LogP contribution < -0.4 is 0 Å². The second kappa shape index (κ2) is 5.43. The molecule has 0 N–H and O–H groups in total. The fourth-order valence-corrected chi connectivity index (χ4v) is 1.97. The second-order valence-electron chi connectivity index (χ2n) is 4.30. The minimum absolute atomic E-state index is 0.706. The van der Waals surface area contributed by atoms with Gasteiger partial charge in [0.25, 0.3) is 0 Å². The van der Waals surface area contributed by atoms with E-state index in [1.165, 1.54) is 38.8 Å². The van der Waals surface area contributed by atoms with Gasteiger partial charge in [-0.05, 0) is 39.7 Å². The fraction of sp³-hybridized carbons (Fsp3) is 0.833. The van der Waals surface area contributed by atoms with E-state index in [2.05, 4.69) is 31.7 Å². The molecule has 1 aliphatic heterocycles. The summed E-state index contributed by atoms with van der Waals surface area (Å²) in [6, 6.07) is 0.706. The van der Waals surface area contributed by atoms with Gasteiger partial charge in [0, 0.05) is 12.6 Å². The van der Waals surface area contributed by atoms with Crippen LogP contribution >= 0.6 is 0 Å². The first-order valence-corrected chi connectivity index (χ1v) is 5.66. The SMILES string of the molecule is CCCC1=CCN(C(C)C)CCC1. The van der Waals surface area contributed by atoms with Gasteiger partial charge in [-0.2, -0.15) is 0 Å². The summed E-state index contributed by atoms with van der Waals surface area (Å²) in [6.07, 6.45) is 7.75. The van der Waals surface area contributed by atoms with E-state index in [-0.39, 0.29) is 0 Å². The van der Waals surface area contributed by atoms with E-state index in [0.717, 1.165) is 0 Å². The second-order valence-corrected chi connectivity index (χ2v) is 4.30. The van der Waals surface area contributed by atoms with Crippen LogP contribution in [0.5, 0.6) is 0 Å². The van der Waals surface area contributed by atoms with Crippen molar-refractivity contribution in [3.8, 4) is 0 Å². The summed E-state index contributed by atoms with van der Waals surface area (Å²) in [4.78, 5) is 2.56. The molecular weight excluding hydrogens is 158 g/mol. The Hall–Kier alpha value is -0.300. The predicted molar refractivity (Wildman–Crippen MR) is 58.9 cm³/mol. The Bertz CT molecular complexity index is 170. The molecule has 0 saturated heterocycles. The summed E-state index contributed by atoms with van der Waals surface area (Å²) in [5, 5.41) is 0. The summed E-state index contributed by atoms with van der Waals surface area (Å²) in [6.45, 7) is 9.30. The average Bonchev–Trinajstić information content (AvgIpc) is 2.30. The lowest BCUT2D eigenvalue weighted by atomic mass is 10.1. The topological polar surface area (TPSA) is 3.24 Å². The minimum atomic E-state index is 0.706. The number of hydrogen-bond acceptors (Lipinski definition) is 1. The molecule has 0 aromatic heterocycles. The summed E-state index contributed by atoms with van der Waals surface area (Å²) < 4.78 is 0. The van der Waals surface area contributed by atoms with E-state index in [4.69, 9.17) is 0 Å². The maximum atomic E-state index is 2.56. The minimum Gasteiger partial charge on any atom is -0.297 e. The third-order valence-corrected chi connectivity index (χ3v) is 2.86. The van der Waals surface area contributed by atoms with Gasteiger partial charge in [-0.1, -0.05) is 25.0 Å². The van der Waals surface area contributed by atoms with Gasteiger partial charge >= 0.3 is 0 Å². The Morgan fingerprint density at radius 2 is 2.23 bits per heavy atom. The third-order valence-electron chi connectivity index (χ3n) is 2.86. The van der Waals surface area contributed by atoms with Crippen molar-refractivity contribution in [2.45, 2.75) is 52.5 Å². The highest BCUT2D eigenvalue weighted by Crippen LogP contribution is 2.17. The molecule has 1 rings (SSSR count). The molecular formula is C12H23N. The van der Waals surface area contributed by atoms with Gasteiger partial charge < -0.3 is 0 Å². The maximum absolute atomic E-state index is 2.56. The van der Waals surface area contributed by atoms with Gasteiger partial charge in [-0.3, -0.25) is 4.90 Å². The molecule has 1 aliphatic rings. The van der Waals surface area contributed by atoms with Crippen LogP contribution in [0.15, 0.2) is 11.6 Å². The van der Waals surface area contributed by atoms with Crippen LogP contribution in [0.1, 0.15) is 46.5 Å². The summed E-state index contributed by atoms with van der Waals surface area (Å²) >= 11 is 0. The highest BCUT2D eigenvalue weighted by atomic mass is 15.1. The number of rotatable bonds is 3. The first-order chi connectivity index (χ1) is 6.24. The van der Waals surface area contributed by atoms with Crippen molar-refractivity contribution >= 4 is 0 Å². The van der Waals surface area contributed by atoms with Crippen molar-refractivity contribution in [3.63, 3.8) is 0 Å². The predicted octanol–water partition coefficient (Wildman–Crippen LogP) is 3.22. The number of allylic oxidation sites excluding steroid dienone is 1. The van der Waals surface area contributed by atoms with Crippen molar-refractivity contribution in [2.75, 3.05) is 13.1 Å². The molecule has 1 heterocycles. The molecule has 0 aromatic carbocycles. The Balaban J connectivity index is 2.45. The average molecular weight is 181 g/mol. The Labute approximate surface area is 82.8 Å². The highest BCUT2D eigenvalue weighted by Gasteiger charge is 2.11. The standard InChI is InChI=1S/C12H23N/c1-4-6-12-7-5-9-13(10-8-12)11(2)3/h8,11H,4-7,9-10H2,1-3H3. The molecule has 0 amide bonds. The Morgan fingerprint density at radius 3 is 2.85 bits per heavy atom. The molecule has 0 unspecified atom stereocenters. The maximum Gasteiger partial charge on any atom is 0.0168 e. The third kappa shape index (κ3) is 3.51. The summed E-state index contributed by atoms with van der Waals surface area (Å²) in [5.41, 5.74) is 1.69. The van der Waals surface area contributed by atoms with E-state index in [1.54, 1.807) is 5.57 Å². The fourth-order valence-electron chi connectivity index (χ4n) is 1.97. The van der Waals surface area contributed by atoms with Crippen LogP contribution in [0.2, 0.25) is 0 Å². The lowest BCUT2D eigenvalue weighted by Gasteiger charge is -2.23. The first kappa shape index (κ1) is 10.8. The molecule has 0 fully saturated rings. The quantitative estimate of drug-likeness (QED) is 0.604. The lowest BCUT2D eigenvalue weighted by molar-refractivity contribution is 0.248. The van der Waals surface area contributed by atoms with Crippen molar-refractivity contribution in [2.24, 2.45) is 0 Å². The monoisotopic (exact) mass is 181 g/mol. The Kier molecular flexibility index (Phi) is 4.51. The van der Waals surface area contributed by atoms with E-state index in [9.17, 15) is 0 Å². The van der Waals surface area contributed by atoms with Crippen molar-refractivity contribution < 1.29 is 0 Å². The van der Waals surface area contributed by atoms with Crippen LogP contribution in [-0.2, 0) is 0 Å². The zero-order valence-electron chi connectivity index (χ0n) is 9.34. The van der Waals surface area contributed by atoms with Crippen LogP contribution in [0.3, 0.4) is 0 Å². The Morgan fingerprint density at radius 1 is 1.46 bits per heavy atom. The van der Waals surface area contributed by atoms with Crippen molar-refractivity contribution in [1.82, 2.24) is 4.90 Å². The van der Waals surface area contributed by atoms with E-state index in [1.807, 2.05) is 0 Å². The normalized spacial score (nSPS) is 20.2. The van der Waals surface area contributed by atoms with Gasteiger partial charge in [-0.15, -0.1) is 0 Å². The highest BCUT2D eigenvalue weighted by molar-refractivity contribution is 5.05. The van der Waals surface area contributed by atoms with E-state index < -0.39 is 0 Å². The molecule has 1 nitrogen and oxygen atoms in total.